The van der Waals surface area contributed by atoms with E-state index in [1.54, 1.807) is 41.5 Å². The third kappa shape index (κ3) is 5.03. The molecule has 0 aromatic carbocycles. The van der Waals surface area contributed by atoms with Crippen molar-refractivity contribution in [2.45, 2.75) is 73.1 Å². The number of rotatable bonds is 3. The molecular weight excluding hydrogens is 257 g/mol. The number of esters is 1. The molecule has 0 N–H and O–H groups in total. The van der Waals surface area contributed by atoms with Crippen LogP contribution in [0.3, 0.4) is 0 Å². The highest BCUT2D eigenvalue weighted by Crippen LogP contribution is 2.49. The lowest BCUT2D eigenvalue weighted by molar-refractivity contribution is -0.248. The van der Waals surface area contributed by atoms with Crippen molar-refractivity contribution >= 4 is 5.97 Å². The Hall–Kier alpha value is -0.740. The first-order valence-electron chi connectivity index (χ1n) is 6.45. The fourth-order valence-electron chi connectivity index (χ4n) is 2.04. The molecule has 0 saturated heterocycles. The lowest BCUT2D eigenvalue weighted by Crippen LogP contribution is -2.49. The average Bonchev–Trinajstić information content (AvgIpc) is 2.07. The molecule has 0 aliphatic carbocycles. The molecule has 2 nitrogen and oxygen atoms in total. The van der Waals surface area contributed by atoms with E-state index in [1.807, 2.05) is 0 Å². The molecule has 0 aromatic rings. The van der Waals surface area contributed by atoms with Crippen LogP contribution in [0.4, 0.5) is 13.2 Å². The molecule has 0 heterocycles. The first-order chi connectivity index (χ1) is 8.15. The Morgan fingerprint density at radius 1 is 1.00 bits per heavy atom. The Bertz CT molecular complexity index is 321. The second-order valence-corrected chi connectivity index (χ2v) is 7.17. The average molecular weight is 282 g/mol. The quantitative estimate of drug-likeness (QED) is 0.700. The van der Waals surface area contributed by atoms with E-state index in [2.05, 4.69) is 0 Å². The van der Waals surface area contributed by atoms with Crippen molar-refractivity contribution in [3.63, 3.8) is 0 Å². The van der Waals surface area contributed by atoms with Crippen molar-refractivity contribution < 1.29 is 22.7 Å². The molecule has 0 aliphatic rings. The van der Waals surface area contributed by atoms with Gasteiger partial charge in [0.1, 0.15) is 5.60 Å². The maximum Gasteiger partial charge on any atom is 0.404 e. The van der Waals surface area contributed by atoms with Gasteiger partial charge in [-0.2, -0.15) is 13.2 Å². The van der Waals surface area contributed by atoms with Gasteiger partial charge in [0.25, 0.3) is 0 Å². The third-order valence-electron chi connectivity index (χ3n) is 2.77. The van der Waals surface area contributed by atoms with Gasteiger partial charge < -0.3 is 4.74 Å². The predicted molar refractivity (Wildman–Crippen MR) is 68.7 cm³/mol. The van der Waals surface area contributed by atoms with Gasteiger partial charge in [-0.25, -0.2) is 0 Å². The Labute approximate surface area is 113 Å². The molecule has 0 aliphatic heterocycles. The molecular formula is C14H25F3O2. The van der Waals surface area contributed by atoms with E-state index < -0.39 is 28.6 Å². The van der Waals surface area contributed by atoms with Gasteiger partial charge in [0.05, 0.1) is 0 Å². The van der Waals surface area contributed by atoms with Crippen LogP contribution in [-0.4, -0.2) is 17.7 Å². The van der Waals surface area contributed by atoms with Crippen LogP contribution in [0.15, 0.2) is 0 Å². The lowest BCUT2D eigenvalue weighted by atomic mass is 9.71. The van der Waals surface area contributed by atoms with Gasteiger partial charge in [0.2, 0.25) is 0 Å². The Balaban J connectivity index is 5.56. The van der Waals surface area contributed by atoms with E-state index in [4.69, 9.17) is 4.74 Å². The van der Waals surface area contributed by atoms with Crippen molar-refractivity contribution in [1.82, 2.24) is 0 Å². The van der Waals surface area contributed by atoms with Gasteiger partial charge >= 0.3 is 12.1 Å². The fourth-order valence-corrected chi connectivity index (χ4v) is 2.04. The maximum atomic E-state index is 13.4. The van der Waals surface area contributed by atoms with Crippen LogP contribution in [-0.2, 0) is 9.53 Å². The highest BCUT2D eigenvalue weighted by Gasteiger charge is 2.61. The lowest BCUT2D eigenvalue weighted by Gasteiger charge is -2.39. The number of halogens is 3. The number of ether oxygens (including phenoxy) is 1. The molecule has 0 radical (unpaired) electrons. The molecule has 1 unspecified atom stereocenters. The van der Waals surface area contributed by atoms with E-state index in [-0.39, 0.29) is 12.8 Å². The smallest absolute Gasteiger partial charge is 0.404 e. The number of carbonyl (C=O) groups excluding carboxylic acids is 1. The number of carbonyl (C=O) groups is 1. The van der Waals surface area contributed by atoms with Crippen molar-refractivity contribution in [2.75, 3.05) is 0 Å². The number of hydrogen-bond acceptors (Lipinski definition) is 2. The van der Waals surface area contributed by atoms with Crippen molar-refractivity contribution in [3.8, 4) is 0 Å². The predicted octanol–water partition coefficient (Wildman–Crippen LogP) is 4.72. The largest absolute Gasteiger partial charge is 0.459 e. The summed E-state index contributed by atoms with van der Waals surface area (Å²) in [5.41, 5.74) is -3.98. The minimum absolute atomic E-state index is 0.283. The van der Waals surface area contributed by atoms with Gasteiger partial charge in [-0.1, -0.05) is 27.7 Å². The van der Waals surface area contributed by atoms with E-state index in [1.165, 1.54) is 6.92 Å². The second kappa shape index (κ2) is 5.33. The molecule has 1 atom stereocenters. The number of hydrogen-bond donors (Lipinski definition) is 0. The van der Waals surface area contributed by atoms with Crippen LogP contribution in [0, 0.1) is 10.8 Å². The Kier molecular flexibility index (Phi) is 5.12. The normalized spacial score (nSPS) is 16.9. The van der Waals surface area contributed by atoms with Gasteiger partial charge in [0, 0.05) is 0 Å². The second-order valence-electron chi connectivity index (χ2n) is 7.17. The Morgan fingerprint density at radius 3 is 1.63 bits per heavy atom. The summed E-state index contributed by atoms with van der Waals surface area (Å²) >= 11 is 0. The molecule has 0 saturated carbocycles. The van der Waals surface area contributed by atoms with E-state index >= 15 is 0 Å². The standard InChI is InChI=1S/C14H25F3O2/c1-8-13(14(15,16)17,9-11(2,3)4)10(18)19-12(5,6)7/h8-9H2,1-7H3. The summed E-state index contributed by atoms with van der Waals surface area (Å²) < 4.78 is 45.3. The molecule has 0 bridgehead atoms. The molecule has 19 heavy (non-hydrogen) atoms. The van der Waals surface area contributed by atoms with Crippen LogP contribution >= 0.6 is 0 Å². The summed E-state index contributed by atoms with van der Waals surface area (Å²) in [5, 5.41) is 0. The zero-order chi connectivity index (χ0) is 15.7. The molecule has 0 rings (SSSR count). The van der Waals surface area contributed by atoms with E-state index in [9.17, 15) is 18.0 Å². The van der Waals surface area contributed by atoms with Crippen LogP contribution in [0.1, 0.15) is 61.3 Å². The van der Waals surface area contributed by atoms with Crippen LogP contribution in [0.2, 0.25) is 0 Å². The minimum atomic E-state index is -4.61. The van der Waals surface area contributed by atoms with Crippen molar-refractivity contribution in [1.29, 1.82) is 0 Å². The SMILES string of the molecule is CCC(CC(C)(C)C)(C(=O)OC(C)(C)C)C(F)(F)F. The number of alkyl halides is 3. The van der Waals surface area contributed by atoms with E-state index in [0.29, 0.717) is 0 Å². The van der Waals surface area contributed by atoms with Crippen LogP contribution in [0.25, 0.3) is 0 Å². The molecule has 0 fully saturated rings. The van der Waals surface area contributed by atoms with Crippen LogP contribution in [0.5, 0.6) is 0 Å². The Morgan fingerprint density at radius 2 is 1.42 bits per heavy atom. The van der Waals surface area contributed by atoms with Crippen molar-refractivity contribution in [2.24, 2.45) is 10.8 Å². The van der Waals surface area contributed by atoms with Gasteiger partial charge in [0.15, 0.2) is 5.41 Å². The topological polar surface area (TPSA) is 26.3 Å². The summed E-state index contributed by atoms with van der Waals surface area (Å²) in [7, 11) is 0. The molecule has 114 valence electrons. The summed E-state index contributed by atoms with van der Waals surface area (Å²) in [6.07, 6.45) is -5.21. The highest BCUT2D eigenvalue weighted by molar-refractivity contribution is 5.78. The molecule has 0 amide bonds. The summed E-state index contributed by atoms with van der Waals surface area (Å²) in [6.45, 7) is 11.1. The van der Waals surface area contributed by atoms with Gasteiger partial charge in [-0.3, -0.25) is 4.79 Å². The van der Waals surface area contributed by atoms with Gasteiger partial charge in [-0.15, -0.1) is 0 Å². The minimum Gasteiger partial charge on any atom is -0.459 e. The zero-order valence-corrected chi connectivity index (χ0v) is 12.9. The summed E-state index contributed by atoms with van der Waals surface area (Å²) in [4.78, 5) is 12.1. The van der Waals surface area contributed by atoms with E-state index in [0.717, 1.165) is 0 Å². The monoisotopic (exact) mass is 282 g/mol. The molecule has 0 aromatic heterocycles. The van der Waals surface area contributed by atoms with Crippen molar-refractivity contribution in [3.05, 3.63) is 0 Å². The first-order valence-corrected chi connectivity index (χ1v) is 6.45. The van der Waals surface area contributed by atoms with Gasteiger partial charge in [-0.05, 0) is 39.0 Å². The molecule has 5 heteroatoms. The maximum absolute atomic E-state index is 13.4. The molecule has 0 spiro atoms. The first kappa shape index (κ1) is 18.3. The highest BCUT2D eigenvalue weighted by atomic mass is 19.4. The summed E-state index contributed by atoms with van der Waals surface area (Å²) in [5.74, 6) is -1.18. The fraction of sp³-hybridized carbons (Fsp3) is 0.929. The zero-order valence-electron chi connectivity index (χ0n) is 12.9. The van der Waals surface area contributed by atoms with Crippen LogP contribution < -0.4 is 0 Å². The third-order valence-corrected chi connectivity index (χ3v) is 2.77. The summed E-state index contributed by atoms with van der Waals surface area (Å²) in [6, 6.07) is 0.